The van der Waals surface area contributed by atoms with Gasteiger partial charge in [-0.05, 0) is 11.1 Å². The van der Waals surface area contributed by atoms with Gasteiger partial charge in [0.2, 0.25) is 0 Å². The van der Waals surface area contributed by atoms with Gasteiger partial charge in [-0.15, -0.1) is 0 Å². The van der Waals surface area contributed by atoms with E-state index in [-0.39, 0.29) is 24.4 Å². The number of ether oxygens (including phenoxy) is 3. The Labute approximate surface area is 124 Å². The van der Waals surface area contributed by atoms with E-state index < -0.39 is 0 Å². The monoisotopic (exact) mass is 282 g/mol. The van der Waals surface area contributed by atoms with E-state index in [4.69, 9.17) is 14.2 Å². The fourth-order valence-electron chi connectivity index (χ4n) is 2.71. The van der Waals surface area contributed by atoms with Gasteiger partial charge >= 0.3 is 0 Å². The van der Waals surface area contributed by atoms with Crippen LogP contribution in [-0.2, 0) is 14.2 Å². The van der Waals surface area contributed by atoms with Crippen molar-refractivity contribution in [2.45, 2.75) is 24.4 Å². The first-order chi connectivity index (χ1) is 10.4. The third-order valence-electron chi connectivity index (χ3n) is 3.99. The molecule has 0 saturated carbocycles. The average molecular weight is 282 g/mol. The Bertz CT molecular complexity index is 530. The maximum Gasteiger partial charge on any atom is 0.112 e. The molecule has 0 N–H and O–H groups in total. The zero-order valence-electron chi connectivity index (χ0n) is 11.7. The second-order valence-corrected chi connectivity index (χ2v) is 5.55. The molecule has 0 aliphatic carbocycles. The molecular formula is C18H18O3. The molecule has 2 aliphatic rings. The summed E-state index contributed by atoms with van der Waals surface area (Å²) in [7, 11) is 0. The van der Waals surface area contributed by atoms with E-state index in [9.17, 15) is 0 Å². The molecule has 2 aromatic carbocycles. The lowest BCUT2D eigenvalue weighted by molar-refractivity contribution is 0.102. The first-order valence-corrected chi connectivity index (χ1v) is 7.40. The summed E-state index contributed by atoms with van der Waals surface area (Å²) in [6.07, 6.45) is 0.801. The molecular weight excluding hydrogens is 264 g/mol. The van der Waals surface area contributed by atoms with E-state index in [2.05, 4.69) is 24.3 Å². The van der Waals surface area contributed by atoms with Gasteiger partial charge in [-0.1, -0.05) is 60.7 Å². The molecule has 0 amide bonds. The predicted octanol–water partition coefficient (Wildman–Crippen LogP) is 3.28. The second kappa shape index (κ2) is 5.60. The Morgan fingerprint density at radius 3 is 1.52 bits per heavy atom. The van der Waals surface area contributed by atoms with Crippen molar-refractivity contribution >= 4 is 0 Å². The Balaban J connectivity index is 1.19. The summed E-state index contributed by atoms with van der Waals surface area (Å²) < 4.78 is 17.0. The van der Waals surface area contributed by atoms with Gasteiger partial charge in [0, 0.05) is 0 Å². The van der Waals surface area contributed by atoms with Gasteiger partial charge in [0.15, 0.2) is 0 Å². The summed E-state index contributed by atoms with van der Waals surface area (Å²) in [5.74, 6) is 0. The number of rotatable bonds is 6. The molecule has 4 atom stereocenters. The van der Waals surface area contributed by atoms with Crippen LogP contribution in [0.2, 0.25) is 0 Å². The van der Waals surface area contributed by atoms with Crippen molar-refractivity contribution in [3.8, 4) is 0 Å². The van der Waals surface area contributed by atoms with Gasteiger partial charge in [0.1, 0.15) is 24.4 Å². The van der Waals surface area contributed by atoms with Crippen molar-refractivity contribution < 1.29 is 14.2 Å². The number of hydrogen-bond donors (Lipinski definition) is 0. The van der Waals surface area contributed by atoms with Crippen LogP contribution in [0, 0.1) is 0 Å². The number of epoxide rings is 2. The van der Waals surface area contributed by atoms with Crippen molar-refractivity contribution in [3.05, 3.63) is 71.8 Å². The van der Waals surface area contributed by atoms with Gasteiger partial charge in [-0.2, -0.15) is 0 Å². The molecule has 21 heavy (non-hydrogen) atoms. The van der Waals surface area contributed by atoms with Crippen LogP contribution in [0.1, 0.15) is 23.3 Å². The summed E-state index contributed by atoms with van der Waals surface area (Å²) in [5.41, 5.74) is 2.46. The van der Waals surface area contributed by atoms with Crippen LogP contribution in [0.25, 0.3) is 0 Å². The summed E-state index contributed by atoms with van der Waals surface area (Å²) >= 11 is 0. The minimum Gasteiger partial charge on any atom is -0.376 e. The molecule has 108 valence electrons. The molecule has 3 nitrogen and oxygen atoms in total. The summed E-state index contributed by atoms with van der Waals surface area (Å²) in [5, 5.41) is 0. The second-order valence-electron chi connectivity index (χ2n) is 5.55. The van der Waals surface area contributed by atoms with Gasteiger partial charge in [-0.25, -0.2) is 0 Å². The Hall–Kier alpha value is -1.68. The van der Waals surface area contributed by atoms with Crippen LogP contribution in [0.15, 0.2) is 60.7 Å². The zero-order chi connectivity index (χ0) is 14.1. The van der Waals surface area contributed by atoms with Crippen molar-refractivity contribution in [1.82, 2.24) is 0 Å². The van der Waals surface area contributed by atoms with Crippen LogP contribution < -0.4 is 0 Å². The molecule has 0 spiro atoms. The molecule has 2 fully saturated rings. The van der Waals surface area contributed by atoms with Gasteiger partial charge in [0.05, 0.1) is 13.2 Å². The fourth-order valence-corrected chi connectivity index (χ4v) is 2.71. The predicted molar refractivity (Wildman–Crippen MR) is 78.9 cm³/mol. The lowest BCUT2D eigenvalue weighted by atomic mass is 10.1. The quantitative estimate of drug-likeness (QED) is 0.762. The van der Waals surface area contributed by atoms with Crippen molar-refractivity contribution in [3.63, 3.8) is 0 Å². The van der Waals surface area contributed by atoms with Gasteiger partial charge in [0.25, 0.3) is 0 Å². The van der Waals surface area contributed by atoms with Crippen LogP contribution in [0.3, 0.4) is 0 Å². The highest BCUT2D eigenvalue weighted by atomic mass is 16.6. The summed E-state index contributed by atoms with van der Waals surface area (Å²) in [6.45, 7) is 1.28. The molecule has 0 bridgehead atoms. The zero-order valence-corrected chi connectivity index (χ0v) is 11.7. The average Bonchev–Trinajstić information content (AvgIpc) is 3.45. The fraction of sp³-hybridized carbons (Fsp3) is 0.333. The molecule has 2 saturated heterocycles. The van der Waals surface area contributed by atoms with E-state index in [0.29, 0.717) is 13.2 Å². The molecule has 0 radical (unpaired) electrons. The first kappa shape index (κ1) is 13.0. The summed E-state index contributed by atoms with van der Waals surface area (Å²) in [6, 6.07) is 20.6. The maximum absolute atomic E-state index is 5.73. The minimum atomic E-state index is 0.196. The highest BCUT2D eigenvalue weighted by Gasteiger charge is 2.43. The lowest BCUT2D eigenvalue weighted by Gasteiger charge is -1.99. The highest BCUT2D eigenvalue weighted by molar-refractivity contribution is 5.23. The van der Waals surface area contributed by atoms with E-state index in [0.717, 1.165) is 0 Å². The molecule has 2 aromatic rings. The van der Waals surface area contributed by atoms with Gasteiger partial charge < -0.3 is 14.2 Å². The van der Waals surface area contributed by atoms with Crippen molar-refractivity contribution in [1.29, 1.82) is 0 Å². The summed E-state index contributed by atoms with van der Waals surface area (Å²) in [4.78, 5) is 0. The maximum atomic E-state index is 5.73. The topological polar surface area (TPSA) is 34.3 Å². The normalized spacial score (nSPS) is 30.1. The SMILES string of the molecule is c1ccc(C2OC2COCC2OC2c2ccccc2)cc1. The molecule has 2 heterocycles. The molecule has 4 unspecified atom stereocenters. The largest absolute Gasteiger partial charge is 0.376 e. The smallest absolute Gasteiger partial charge is 0.112 e. The molecule has 4 rings (SSSR count). The van der Waals surface area contributed by atoms with E-state index in [1.807, 2.05) is 36.4 Å². The number of benzene rings is 2. The highest BCUT2D eigenvalue weighted by Crippen LogP contribution is 2.40. The van der Waals surface area contributed by atoms with Crippen molar-refractivity contribution in [2.75, 3.05) is 13.2 Å². The van der Waals surface area contributed by atoms with Crippen LogP contribution >= 0.6 is 0 Å². The molecule has 0 aromatic heterocycles. The number of hydrogen-bond acceptors (Lipinski definition) is 3. The third-order valence-corrected chi connectivity index (χ3v) is 3.99. The van der Waals surface area contributed by atoms with E-state index in [1.165, 1.54) is 11.1 Å². The van der Waals surface area contributed by atoms with Gasteiger partial charge in [-0.3, -0.25) is 0 Å². The Morgan fingerprint density at radius 2 is 1.10 bits per heavy atom. The standard InChI is InChI=1S/C18H18O3/c1-3-7-13(8-4-1)17-15(20-17)11-19-12-16-18(21-16)14-9-5-2-6-10-14/h1-10,15-18H,11-12H2. The Morgan fingerprint density at radius 1 is 0.667 bits per heavy atom. The molecule has 2 aliphatic heterocycles. The first-order valence-electron chi connectivity index (χ1n) is 7.40. The van der Waals surface area contributed by atoms with E-state index >= 15 is 0 Å². The van der Waals surface area contributed by atoms with Crippen LogP contribution in [0.5, 0.6) is 0 Å². The van der Waals surface area contributed by atoms with Crippen LogP contribution in [-0.4, -0.2) is 25.4 Å². The lowest BCUT2D eigenvalue weighted by Crippen LogP contribution is -2.08. The van der Waals surface area contributed by atoms with Crippen molar-refractivity contribution in [2.24, 2.45) is 0 Å². The van der Waals surface area contributed by atoms with E-state index in [1.54, 1.807) is 0 Å². The third kappa shape index (κ3) is 3.00. The van der Waals surface area contributed by atoms with Crippen LogP contribution in [0.4, 0.5) is 0 Å². The molecule has 3 heteroatoms. The Kier molecular flexibility index (Phi) is 3.47. The minimum absolute atomic E-state index is 0.196.